The Morgan fingerprint density at radius 3 is 2.52 bits per heavy atom. The van der Waals surface area contributed by atoms with Crippen molar-refractivity contribution in [3.8, 4) is 0 Å². The highest BCUT2D eigenvalue weighted by molar-refractivity contribution is 7.83. The molecule has 0 amide bonds. The maximum Gasteiger partial charge on any atom is 0.150 e. The number of nitrogens with one attached hydrogen (secondary N) is 1. The van der Waals surface area contributed by atoms with Gasteiger partial charge in [-0.15, -0.1) is 12.6 Å². The first-order valence-corrected chi connectivity index (χ1v) is 8.32. The number of thiol groups is 1. The van der Waals surface area contributed by atoms with Crippen molar-refractivity contribution in [2.24, 2.45) is 10.7 Å². The number of carbonyl (C=O) groups excluding carboxylic acids is 1. The fourth-order valence-electron chi connectivity index (χ4n) is 2.32. The third-order valence-electron chi connectivity index (χ3n) is 3.71. The zero-order valence-electron chi connectivity index (χ0n) is 14.8. The number of ether oxygens (including phenoxy) is 1. The van der Waals surface area contributed by atoms with Crippen LogP contribution in [0.3, 0.4) is 0 Å². The van der Waals surface area contributed by atoms with Crippen LogP contribution >= 0.6 is 12.6 Å². The summed E-state index contributed by atoms with van der Waals surface area (Å²) >= 11 is 4.08. The van der Waals surface area contributed by atoms with Crippen LogP contribution in [0.5, 0.6) is 0 Å². The van der Waals surface area contributed by atoms with E-state index >= 15 is 0 Å². The van der Waals surface area contributed by atoms with E-state index in [0.717, 1.165) is 17.5 Å². The Kier molecular flexibility index (Phi) is 8.18. The van der Waals surface area contributed by atoms with Gasteiger partial charge >= 0.3 is 0 Å². The summed E-state index contributed by atoms with van der Waals surface area (Å²) in [4.78, 5) is 14.9. The van der Waals surface area contributed by atoms with Crippen LogP contribution in [0, 0.1) is 0 Å². The smallest absolute Gasteiger partial charge is 0.150 e. The highest BCUT2D eigenvalue weighted by atomic mass is 32.1. The summed E-state index contributed by atoms with van der Waals surface area (Å²) in [5, 5.41) is 4.77. The fourth-order valence-corrected chi connectivity index (χ4v) is 2.51. The number of nitrogens with two attached hydrogens (primary N) is 1. The minimum Gasteiger partial charge on any atom is -0.496 e. The Labute approximate surface area is 154 Å². The molecule has 0 aliphatic carbocycles. The van der Waals surface area contributed by atoms with Crippen molar-refractivity contribution < 1.29 is 9.53 Å². The van der Waals surface area contributed by atoms with Gasteiger partial charge in [-0.25, -0.2) is 4.99 Å². The van der Waals surface area contributed by atoms with Crippen molar-refractivity contribution in [1.82, 2.24) is 0 Å². The van der Waals surface area contributed by atoms with Crippen molar-refractivity contribution >= 4 is 31.3 Å². The maximum absolute atomic E-state index is 10.8. The number of hydrogen-bond donors (Lipinski definition) is 3. The van der Waals surface area contributed by atoms with E-state index in [-0.39, 0.29) is 0 Å². The predicted molar refractivity (Wildman–Crippen MR) is 108 cm³/mol. The van der Waals surface area contributed by atoms with Crippen LogP contribution in [-0.4, -0.2) is 25.7 Å². The van der Waals surface area contributed by atoms with Crippen molar-refractivity contribution in [3.63, 3.8) is 0 Å². The summed E-state index contributed by atoms with van der Waals surface area (Å²) in [5.41, 5.74) is 8.00. The zero-order valence-corrected chi connectivity index (χ0v) is 15.7. The van der Waals surface area contributed by atoms with E-state index in [1.165, 1.54) is 0 Å². The molecule has 0 bridgehead atoms. The zero-order chi connectivity index (χ0) is 18.9. The largest absolute Gasteiger partial charge is 0.496 e. The molecule has 5 nitrogen and oxygen atoms in total. The number of aliphatic imine (C=N–C) groups is 1. The van der Waals surface area contributed by atoms with Crippen molar-refractivity contribution in [3.05, 3.63) is 64.5 Å². The van der Waals surface area contributed by atoms with E-state index in [1.54, 1.807) is 42.9 Å². The normalized spacial score (nSPS) is 15.3. The van der Waals surface area contributed by atoms with Gasteiger partial charge in [-0.3, -0.25) is 4.79 Å². The van der Waals surface area contributed by atoms with E-state index in [2.05, 4.69) is 29.7 Å². The van der Waals surface area contributed by atoms with Gasteiger partial charge in [0.05, 0.1) is 12.6 Å². The van der Waals surface area contributed by atoms with Gasteiger partial charge in [0.2, 0.25) is 0 Å². The monoisotopic (exact) mass is 359 g/mol. The highest BCUT2D eigenvalue weighted by Gasteiger charge is 2.23. The van der Waals surface area contributed by atoms with Gasteiger partial charge in [-0.1, -0.05) is 13.0 Å². The Morgan fingerprint density at radius 1 is 1.44 bits per heavy atom. The topological polar surface area (TPSA) is 76.7 Å². The number of anilines is 1. The molecule has 0 heterocycles. The summed E-state index contributed by atoms with van der Waals surface area (Å²) in [6.07, 6.45) is 5.08. The molecule has 0 fully saturated rings. The van der Waals surface area contributed by atoms with Gasteiger partial charge in [0, 0.05) is 16.7 Å². The molecule has 0 aliphatic heterocycles. The second-order valence-electron chi connectivity index (χ2n) is 5.56. The Bertz CT molecular complexity index is 689. The number of rotatable bonds is 9. The molecule has 134 valence electrons. The number of benzene rings is 1. The first-order valence-electron chi connectivity index (χ1n) is 7.80. The van der Waals surface area contributed by atoms with Crippen molar-refractivity contribution in [2.45, 2.75) is 25.8 Å². The minimum absolute atomic E-state index is 0.588. The van der Waals surface area contributed by atoms with Gasteiger partial charge in [-0.2, -0.15) is 0 Å². The molecule has 1 rings (SSSR count). The van der Waals surface area contributed by atoms with Gasteiger partial charge in [0.1, 0.15) is 17.9 Å². The summed E-state index contributed by atoms with van der Waals surface area (Å²) in [6, 6.07) is 7.06. The summed E-state index contributed by atoms with van der Waals surface area (Å²) in [6.45, 7) is 7.53. The van der Waals surface area contributed by atoms with Crippen LogP contribution in [-0.2, 0) is 4.74 Å². The molecule has 6 heteroatoms. The third kappa shape index (κ3) is 5.92. The van der Waals surface area contributed by atoms with Crippen LogP contribution in [0.25, 0.3) is 0 Å². The molecule has 0 saturated carbocycles. The fraction of sp³-hybridized carbons (Fsp3) is 0.263. The Morgan fingerprint density at radius 2 is 2.08 bits per heavy atom. The maximum atomic E-state index is 10.8. The van der Waals surface area contributed by atoms with Crippen LogP contribution in [0.15, 0.2) is 64.0 Å². The molecule has 0 radical (unpaired) electrons. The average molecular weight is 359 g/mol. The number of methoxy groups -OCH3 is 1. The molecule has 1 unspecified atom stereocenters. The molecule has 0 spiro atoms. The van der Waals surface area contributed by atoms with Crippen LogP contribution in [0.4, 0.5) is 5.69 Å². The summed E-state index contributed by atoms with van der Waals surface area (Å²) in [7, 11) is 1.57. The predicted octanol–water partition coefficient (Wildman–Crippen LogP) is 3.92. The second kappa shape index (κ2) is 9.86. The lowest BCUT2D eigenvalue weighted by atomic mass is 9.90. The number of aldehydes is 1. The lowest BCUT2D eigenvalue weighted by Crippen LogP contribution is -2.37. The van der Waals surface area contributed by atoms with Gasteiger partial charge in [0.25, 0.3) is 0 Å². The molecule has 1 aromatic carbocycles. The molecule has 0 aromatic heterocycles. The third-order valence-corrected chi connectivity index (χ3v) is 3.97. The lowest BCUT2D eigenvalue weighted by molar-refractivity contribution is 0.112. The summed E-state index contributed by atoms with van der Waals surface area (Å²) < 4.78 is 5.16. The Hall–Kier alpha value is -2.31. The first-order chi connectivity index (χ1) is 11.9. The number of carbonyl (C=O) groups is 1. The number of allylic oxidation sites excluding steroid dienone is 1. The molecule has 3 N–H and O–H groups in total. The SMILES string of the molecule is C=N/C(Nc1ccc(C=O)cc1)=C(/CC)C(C)(N)/C=C/C(=C\S)OC. The second-order valence-corrected chi connectivity index (χ2v) is 5.81. The first kappa shape index (κ1) is 20.7. The lowest BCUT2D eigenvalue weighted by Gasteiger charge is -2.26. The van der Waals surface area contributed by atoms with E-state index in [4.69, 9.17) is 10.5 Å². The number of hydrogen-bond acceptors (Lipinski definition) is 6. The minimum atomic E-state index is -0.762. The van der Waals surface area contributed by atoms with Gasteiger partial charge in [0.15, 0.2) is 0 Å². The van der Waals surface area contributed by atoms with Crippen LogP contribution < -0.4 is 11.1 Å². The van der Waals surface area contributed by atoms with Gasteiger partial charge in [-0.05, 0) is 56.0 Å². The number of nitrogens with zero attached hydrogens (tertiary/aromatic N) is 1. The van der Waals surface area contributed by atoms with Gasteiger partial charge < -0.3 is 15.8 Å². The molecular formula is C19H25N3O2S. The quantitative estimate of drug-likeness (QED) is 0.205. The van der Waals surface area contributed by atoms with E-state index in [9.17, 15) is 4.79 Å². The van der Waals surface area contributed by atoms with Crippen molar-refractivity contribution in [1.29, 1.82) is 0 Å². The van der Waals surface area contributed by atoms with Crippen LogP contribution in [0.1, 0.15) is 30.6 Å². The molecule has 0 saturated heterocycles. The molecule has 25 heavy (non-hydrogen) atoms. The standard InChI is InChI=1S/C19H25N3O2S/c1-5-17(19(2,20)11-10-16(13-25)24-4)18(21-3)22-15-8-6-14(12-23)7-9-15/h6-13,22,25H,3,5,20H2,1-2,4H3/b11-10+,16-13+,18-17+. The van der Waals surface area contributed by atoms with E-state index < -0.39 is 5.54 Å². The van der Waals surface area contributed by atoms with E-state index in [1.807, 2.05) is 19.9 Å². The molecule has 1 aromatic rings. The highest BCUT2D eigenvalue weighted by Crippen LogP contribution is 2.25. The summed E-state index contributed by atoms with van der Waals surface area (Å²) in [5.74, 6) is 1.19. The average Bonchev–Trinajstić information content (AvgIpc) is 2.62. The molecule has 0 aliphatic rings. The van der Waals surface area contributed by atoms with Crippen LogP contribution in [0.2, 0.25) is 0 Å². The molecule has 1 atom stereocenters. The van der Waals surface area contributed by atoms with Crippen molar-refractivity contribution in [2.75, 3.05) is 12.4 Å². The molecular weight excluding hydrogens is 334 g/mol. The Balaban J connectivity index is 3.18. The van der Waals surface area contributed by atoms with E-state index in [0.29, 0.717) is 23.6 Å².